The Morgan fingerprint density at radius 1 is 1.10 bits per heavy atom. The zero-order chi connectivity index (χ0) is 20.8. The quantitative estimate of drug-likeness (QED) is 0.473. The number of carbonyl (C=O) groups excluding carboxylic acids is 1. The first kappa shape index (κ1) is 19.6. The van der Waals surface area contributed by atoms with E-state index in [1.165, 1.54) is 24.0 Å². The van der Waals surface area contributed by atoms with E-state index in [1.807, 2.05) is 12.1 Å². The SMILES string of the molecule is CCC1CC1c1ccc(-c2noc(-c3ccc(C(C)=O)cc3)n2)cc1C(C)(C)C. The summed E-state index contributed by atoms with van der Waals surface area (Å²) in [5.74, 6) is 2.60. The maximum absolute atomic E-state index is 11.5. The molecule has 3 aromatic rings. The van der Waals surface area contributed by atoms with Gasteiger partial charge in [-0.15, -0.1) is 0 Å². The lowest BCUT2D eigenvalue weighted by atomic mass is 9.81. The van der Waals surface area contributed by atoms with Crippen LogP contribution in [0.5, 0.6) is 0 Å². The lowest BCUT2D eigenvalue weighted by Crippen LogP contribution is -2.14. The summed E-state index contributed by atoms with van der Waals surface area (Å²) in [5, 5.41) is 4.21. The molecule has 0 aliphatic heterocycles. The molecule has 1 aliphatic carbocycles. The van der Waals surface area contributed by atoms with Gasteiger partial charge >= 0.3 is 0 Å². The van der Waals surface area contributed by atoms with Crippen LogP contribution in [0.15, 0.2) is 47.0 Å². The third-order valence-corrected chi connectivity index (χ3v) is 5.93. The van der Waals surface area contributed by atoms with Crippen LogP contribution in [0.4, 0.5) is 0 Å². The van der Waals surface area contributed by atoms with Crippen molar-refractivity contribution in [3.05, 3.63) is 59.2 Å². The van der Waals surface area contributed by atoms with Gasteiger partial charge in [-0.05, 0) is 59.9 Å². The third-order valence-electron chi connectivity index (χ3n) is 5.93. The highest BCUT2D eigenvalue weighted by Gasteiger charge is 2.39. The molecule has 4 nitrogen and oxygen atoms in total. The van der Waals surface area contributed by atoms with Crippen LogP contribution in [0, 0.1) is 5.92 Å². The molecule has 2 atom stereocenters. The number of Topliss-reactive ketones (excluding diaryl/α,β-unsaturated/α-hetero) is 1. The summed E-state index contributed by atoms with van der Waals surface area (Å²) >= 11 is 0. The maximum Gasteiger partial charge on any atom is 0.258 e. The topological polar surface area (TPSA) is 56.0 Å². The number of hydrogen-bond acceptors (Lipinski definition) is 4. The van der Waals surface area contributed by atoms with Crippen molar-refractivity contribution in [2.45, 2.75) is 58.8 Å². The molecule has 0 radical (unpaired) electrons. The van der Waals surface area contributed by atoms with Crippen LogP contribution in [-0.2, 0) is 5.41 Å². The zero-order valence-electron chi connectivity index (χ0n) is 17.8. The summed E-state index contributed by atoms with van der Waals surface area (Å²) in [6, 6.07) is 13.9. The summed E-state index contributed by atoms with van der Waals surface area (Å²) in [6.07, 6.45) is 2.54. The molecule has 4 rings (SSSR count). The number of carbonyl (C=O) groups is 1. The lowest BCUT2D eigenvalue weighted by molar-refractivity contribution is 0.101. The number of aromatic nitrogens is 2. The van der Waals surface area contributed by atoms with Crippen molar-refractivity contribution >= 4 is 5.78 Å². The number of hydrogen-bond donors (Lipinski definition) is 0. The average molecular weight is 389 g/mol. The first-order valence-corrected chi connectivity index (χ1v) is 10.4. The van der Waals surface area contributed by atoms with E-state index in [0.29, 0.717) is 23.2 Å². The van der Waals surface area contributed by atoms with Crippen LogP contribution in [0.25, 0.3) is 22.8 Å². The summed E-state index contributed by atoms with van der Waals surface area (Å²) in [6.45, 7) is 10.6. The molecule has 1 aliphatic rings. The van der Waals surface area contributed by atoms with Crippen LogP contribution in [0.2, 0.25) is 0 Å². The minimum Gasteiger partial charge on any atom is -0.334 e. The molecule has 0 N–H and O–H groups in total. The number of nitrogens with zero attached hydrogens (tertiary/aromatic N) is 2. The third kappa shape index (κ3) is 3.89. The molecule has 1 fully saturated rings. The van der Waals surface area contributed by atoms with Gasteiger partial charge in [-0.1, -0.05) is 63.5 Å². The Balaban J connectivity index is 1.66. The van der Waals surface area contributed by atoms with Crippen LogP contribution in [0.1, 0.15) is 74.9 Å². The Morgan fingerprint density at radius 2 is 1.79 bits per heavy atom. The fourth-order valence-electron chi connectivity index (χ4n) is 4.05. The van der Waals surface area contributed by atoms with Gasteiger partial charge in [-0.3, -0.25) is 4.79 Å². The first-order chi connectivity index (χ1) is 13.8. The van der Waals surface area contributed by atoms with E-state index in [9.17, 15) is 4.79 Å². The Labute approximate surface area is 172 Å². The van der Waals surface area contributed by atoms with Gasteiger partial charge in [0.05, 0.1) is 0 Å². The Hall–Kier alpha value is -2.75. The highest BCUT2D eigenvalue weighted by atomic mass is 16.5. The molecule has 0 amide bonds. The highest BCUT2D eigenvalue weighted by Crippen LogP contribution is 2.52. The lowest BCUT2D eigenvalue weighted by Gasteiger charge is -2.24. The van der Waals surface area contributed by atoms with Crippen molar-refractivity contribution in [2.24, 2.45) is 5.92 Å². The molecule has 1 heterocycles. The minimum absolute atomic E-state index is 0.0403. The molecule has 0 bridgehead atoms. The summed E-state index contributed by atoms with van der Waals surface area (Å²) in [5.41, 5.74) is 5.35. The van der Waals surface area contributed by atoms with Crippen molar-refractivity contribution in [2.75, 3.05) is 0 Å². The van der Waals surface area contributed by atoms with E-state index in [2.05, 4.69) is 56.0 Å². The summed E-state index contributed by atoms with van der Waals surface area (Å²) in [4.78, 5) is 16.1. The molecule has 0 spiro atoms. The largest absolute Gasteiger partial charge is 0.334 e. The molecular weight excluding hydrogens is 360 g/mol. The van der Waals surface area contributed by atoms with Gasteiger partial charge in [-0.2, -0.15) is 4.98 Å². The molecule has 2 unspecified atom stereocenters. The summed E-state index contributed by atoms with van der Waals surface area (Å²) < 4.78 is 5.51. The van der Waals surface area contributed by atoms with Crippen molar-refractivity contribution in [3.8, 4) is 22.8 Å². The second kappa shape index (κ2) is 7.25. The van der Waals surface area contributed by atoms with Gasteiger partial charge < -0.3 is 4.52 Å². The monoisotopic (exact) mass is 388 g/mol. The van der Waals surface area contributed by atoms with Crippen molar-refractivity contribution in [3.63, 3.8) is 0 Å². The second-order valence-electron chi connectivity index (χ2n) is 9.12. The molecule has 1 saturated carbocycles. The first-order valence-electron chi connectivity index (χ1n) is 10.4. The molecule has 150 valence electrons. The molecule has 0 saturated heterocycles. The molecule has 1 aromatic heterocycles. The van der Waals surface area contributed by atoms with Crippen molar-refractivity contribution < 1.29 is 9.32 Å². The Bertz CT molecular complexity index is 1040. The number of ketones is 1. The van der Waals surface area contributed by atoms with E-state index in [4.69, 9.17) is 4.52 Å². The van der Waals surface area contributed by atoms with Crippen molar-refractivity contribution in [1.29, 1.82) is 0 Å². The maximum atomic E-state index is 11.5. The fraction of sp³-hybridized carbons (Fsp3) is 0.400. The predicted octanol–water partition coefficient (Wildman–Crippen LogP) is 6.42. The molecular formula is C25H28N2O2. The standard InChI is InChI=1S/C25H28N2O2/c1-6-16-13-21(16)20-12-11-19(14-22(20)25(3,4)5)23-26-24(29-27-23)18-9-7-17(8-10-18)15(2)28/h7-12,14,16,21H,6,13H2,1-5H3. The number of benzene rings is 2. The van der Waals surface area contributed by atoms with Gasteiger partial charge in [0.15, 0.2) is 5.78 Å². The van der Waals surface area contributed by atoms with E-state index in [1.54, 1.807) is 19.1 Å². The van der Waals surface area contributed by atoms with Gasteiger partial charge in [0.2, 0.25) is 5.82 Å². The zero-order valence-corrected chi connectivity index (χ0v) is 17.8. The Morgan fingerprint density at radius 3 is 2.38 bits per heavy atom. The molecule has 4 heteroatoms. The van der Waals surface area contributed by atoms with Gasteiger partial charge in [0, 0.05) is 16.7 Å². The van der Waals surface area contributed by atoms with Crippen molar-refractivity contribution in [1.82, 2.24) is 10.1 Å². The minimum atomic E-state index is 0.0403. The van der Waals surface area contributed by atoms with E-state index in [0.717, 1.165) is 17.0 Å². The second-order valence-corrected chi connectivity index (χ2v) is 9.12. The number of rotatable bonds is 5. The van der Waals surface area contributed by atoms with E-state index in [-0.39, 0.29) is 11.2 Å². The fourth-order valence-corrected chi connectivity index (χ4v) is 4.05. The molecule has 2 aromatic carbocycles. The van der Waals surface area contributed by atoms with Crippen LogP contribution in [-0.4, -0.2) is 15.9 Å². The summed E-state index contributed by atoms with van der Waals surface area (Å²) in [7, 11) is 0. The van der Waals surface area contributed by atoms with Crippen LogP contribution < -0.4 is 0 Å². The average Bonchev–Trinajstić information content (AvgIpc) is 3.32. The van der Waals surface area contributed by atoms with Crippen LogP contribution in [0.3, 0.4) is 0 Å². The Kier molecular flexibility index (Phi) is 4.89. The highest BCUT2D eigenvalue weighted by molar-refractivity contribution is 5.94. The van der Waals surface area contributed by atoms with Gasteiger partial charge in [0.25, 0.3) is 5.89 Å². The smallest absolute Gasteiger partial charge is 0.258 e. The van der Waals surface area contributed by atoms with Gasteiger partial charge in [0.1, 0.15) is 0 Å². The predicted molar refractivity (Wildman–Crippen MR) is 115 cm³/mol. The molecule has 29 heavy (non-hydrogen) atoms. The van der Waals surface area contributed by atoms with E-state index < -0.39 is 0 Å². The van der Waals surface area contributed by atoms with Crippen LogP contribution >= 0.6 is 0 Å². The van der Waals surface area contributed by atoms with E-state index >= 15 is 0 Å². The normalized spacial score (nSPS) is 18.7. The van der Waals surface area contributed by atoms with Gasteiger partial charge in [-0.25, -0.2) is 0 Å².